The smallest absolute Gasteiger partial charge is 0.253 e. The largest absolute Gasteiger partial charge is 0.504 e. The number of phenols is 1. The molecule has 194 valence electrons. The first kappa shape index (κ1) is 23.4. The van der Waals surface area contributed by atoms with E-state index in [0.717, 1.165) is 48.3 Å². The molecule has 1 aromatic heterocycles. The van der Waals surface area contributed by atoms with Gasteiger partial charge < -0.3 is 25.3 Å². The molecule has 8 rings (SSSR count). The molecule has 1 amide bonds. The fourth-order valence-corrected chi connectivity index (χ4v) is 8.15. The summed E-state index contributed by atoms with van der Waals surface area (Å²) in [5.74, 6) is 1.25. The number of nitrogens with zero attached hydrogens (tertiary/aromatic N) is 1. The summed E-state index contributed by atoms with van der Waals surface area (Å²) in [6.45, 7) is 1.95. The maximum Gasteiger partial charge on any atom is 0.253 e. The van der Waals surface area contributed by atoms with Gasteiger partial charge in [-0.15, -0.1) is 12.4 Å². The Balaban J connectivity index is 0.00000231. The molecule has 4 N–H and O–H groups in total. The highest BCUT2D eigenvalue weighted by atomic mass is 35.5. The maximum absolute atomic E-state index is 13.5. The molecule has 1 spiro atoms. The molecule has 5 atom stereocenters. The number of H-pyrrole nitrogens is 1. The lowest BCUT2D eigenvalue weighted by molar-refractivity contribution is -0.191. The number of benzene rings is 2. The predicted molar refractivity (Wildman–Crippen MR) is 142 cm³/mol. The van der Waals surface area contributed by atoms with Crippen molar-refractivity contribution in [3.8, 4) is 11.5 Å². The Morgan fingerprint density at radius 2 is 2.03 bits per heavy atom. The molecule has 5 aliphatic rings. The van der Waals surface area contributed by atoms with Gasteiger partial charge in [-0.25, -0.2) is 0 Å². The van der Waals surface area contributed by atoms with E-state index in [0.29, 0.717) is 24.2 Å². The minimum Gasteiger partial charge on any atom is -0.504 e. The first-order valence-corrected chi connectivity index (χ1v) is 13.3. The normalized spacial score (nSPS) is 33.4. The number of fused-ring (bicyclic) bond motifs is 1. The minimum absolute atomic E-state index is 0. The predicted octanol–water partition coefficient (Wildman–Crippen LogP) is 3.66. The Kier molecular flexibility index (Phi) is 4.98. The van der Waals surface area contributed by atoms with E-state index in [1.807, 2.05) is 36.5 Å². The highest BCUT2D eigenvalue weighted by molar-refractivity contribution is 6.05. The Bertz CT molecular complexity index is 1420. The number of aromatic hydroxyl groups is 1. The van der Waals surface area contributed by atoms with E-state index in [-0.39, 0.29) is 36.1 Å². The number of hydrogen-bond donors (Lipinski definition) is 4. The molecule has 3 aromatic rings. The zero-order valence-corrected chi connectivity index (χ0v) is 21.4. The van der Waals surface area contributed by atoms with Gasteiger partial charge in [-0.1, -0.05) is 18.2 Å². The fourth-order valence-electron chi connectivity index (χ4n) is 8.15. The van der Waals surface area contributed by atoms with Crippen molar-refractivity contribution in [1.29, 1.82) is 0 Å². The maximum atomic E-state index is 13.5. The quantitative estimate of drug-likeness (QED) is 0.420. The third kappa shape index (κ3) is 2.99. The van der Waals surface area contributed by atoms with Crippen LogP contribution in [0.2, 0.25) is 0 Å². The number of halogens is 1. The highest BCUT2D eigenvalue weighted by Crippen LogP contribution is 2.65. The van der Waals surface area contributed by atoms with Gasteiger partial charge >= 0.3 is 0 Å². The van der Waals surface area contributed by atoms with Crippen LogP contribution in [-0.4, -0.2) is 62.9 Å². The molecular formula is C29H32ClN3O4. The van der Waals surface area contributed by atoms with E-state index < -0.39 is 17.1 Å². The average molecular weight is 522 g/mol. The molecule has 3 aliphatic carbocycles. The summed E-state index contributed by atoms with van der Waals surface area (Å²) >= 11 is 0. The lowest BCUT2D eigenvalue weighted by Gasteiger charge is -2.64. The number of hydrogen-bond acceptors (Lipinski definition) is 5. The Hall–Kier alpha value is -2.74. The van der Waals surface area contributed by atoms with Gasteiger partial charge in [-0.05, 0) is 74.8 Å². The van der Waals surface area contributed by atoms with Gasteiger partial charge in [0.2, 0.25) is 0 Å². The molecule has 2 saturated carbocycles. The van der Waals surface area contributed by atoms with Crippen molar-refractivity contribution in [1.82, 2.24) is 15.2 Å². The molecule has 37 heavy (non-hydrogen) atoms. The second kappa shape index (κ2) is 7.88. The van der Waals surface area contributed by atoms with Gasteiger partial charge in [-0.2, -0.15) is 0 Å². The van der Waals surface area contributed by atoms with Crippen LogP contribution in [-0.2, 0) is 11.8 Å². The summed E-state index contributed by atoms with van der Waals surface area (Å²) in [6, 6.07) is 11.2. The number of ether oxygens (including phenoxy) is 1. The lowest BCUT2D eigenvalue weighted by atomic mass is 9.48. The number of piperidine rings is 1. The number of carbonyl (C=O) groups excluding carboxylic acids is 1. The molecule has 2 bridgehead atoms. The van der Waals surface area contributed by atoms with E-state index >= 15 is 0 Å². The number of likely N-dealkylation sites (tertiary alicyclic amines) is 1. The van der Waals surface area contributed by atoms with E-state index in [9.17, 15) is 15.0 Å². The molecule has 3 heterocycles. The summed E-state index contributed by atoms with van der Waals surface area (Å²) in [6.07, 6.45) is 6.77. The van der Waals surface area contributed by atoms with Gasteiger partial charge in [0.05, 0.1) is 28.1 Å². The van der Waals surface area contributed by atoms with Gasteiger partial charge in [-0.3, -0.25) is 9.69 Å². The number of para-hydroxylation sites is 1. The van der Waals surface area contributed by atoms with Crippen molar-refractivity contribution >= 4 is 29.2 Å². The second-order valence-electron chi connectivity index (χ2n) is 11.7. The lowest BCUT2D eigenvalue weighted by Crippen LogP contribution is -2.78. The minimum atomic E-state index is -0.947. The summed E-state index contributed by atoms with van der Waals surface area (Å²) in [5, 5.41) is 27.7. The Labute approximate surface area is 221 Å². The van der Waals surface area contributed by atoms with E-state index in [1.165, 1.54) is 18.4 Å². The van der Waals surface area contributed by atoms with Crippen LogP contribution in [0.15, 0.2) is 42.6 Å². The first-order chi connectivity index (χ1) is 17.5. The van der Waals surface area contributed by atoms with Crippen LogP contribution >= 0.6 is 12.4 Å². The number of nitrogens with one attached hydrogen (secondary N) is 2. The van der Waals surface area contributed by atoms with Crippen molar-refractivity contribution in [2.75, 3.05) is 13.1 Å². The van der Waals surface area contributed by atoms with Crippen LogP contribution in [0.4, 0.5) is 0 Å². The van der Waals surface area contributed by atoms with E-state index in [2.05, 4.69) is 15.2 Å². The fraction of sp³-hybridized carbons (Fsp3) is 0.483. The van der Waals surface area contributed by atoms with Crippen LogP contribution in [0.25, 0.3) is 10.9 Å². The Morgan fingerprint density at radius 3 is 2.86 bits per heavy atom. The molecule has 2 aromatic carbocycles. The van der Waals surface area contributed by atoms with Gasteiger partial charge in [0.25, 0.3) is 5.91 Å². The van der Waals surface area contributed by atoms with Crippen molar-refractivity contribution in [2.24, 2.45) is 5.92 Å². The number of amides is 1. The number of carbonyl (C=O) groups is 1. The molecule has 3 fully saturated rings. The monoisotopic (exact) mass is 521 g/mol. The van der Waals surface area contributed by atoms with Crippen LogP contribution in [0.5, 0.6) is 11.5 Å². The third-order valence-corrected chi connectivity index (χ3v) is 9.91. The molecule has 1 saturated heterocycles. The molecule has 0 unspecified atom stereocenters. The molecular weight excluding hydrogens is 490 g/mol. The molecule has 8 heteroatoms. The van der Waals surface area contributed by atoms with Crippen LogP contribution in [0.3, 0.4) is 0 Å². The van der Waals surface area contributed by atoms with Crippen molar-refractivity contribution in [3.63, 3.8) is 0 Å². The number of aromatic amines is 1. The number of rotatable bonds is 4. The summed E-state index contributed by atoms with van der Waals surface area (Å²) in [7, 11) is 0. The van der Waals surface area contributed by atoms with Crippen LogP contribution < -0.4 is 10.1 Å². The second-order valence-corrected chi connectivity index (χ2v) is 11.7. The van der Waals surface area contributed by atoms with Gasteiger partial charge in [0.1, 0.15) is 6.10 Å². The van der Waals surface area contributed by atoms with E-state index in [1.54, 1.807) is 6.07 Å². The average Bonchev–Trinajstić information content (AvgIpc) is 3.41. The molecule has 0 radical (unpaired) electrons. The standard InChI is InChI=1S/C29H31N3O4.ClH/c33-21-7-6-18-14-22-29(35)10-8-20(31-27(34)19-3-1-2-17-9-12-30-24(17)19)26-28(29,23(18)25(21)36-26)11-13-32(22)15-16-4-5-16;/h1-3,6-7,9,12,16,20,22,26,30,33,35H,4-5,8,10-11,13-15H2,(H,31,34);1H/t20-,22+,26-,28-,29+;/m0./s1. The van der Waals surface area contributed by atoms with Crippen molar-refractivity contribution in [2.45, 2.75) is 67.7 Å². The Morgan fingerprint density at radius 1 is 1.16 bits per heavy atom. The van der Waals surface area contributed by atoms with Crippen molar-refractivity contribution < 1.29 is 19.7 Å². The van der Waals surface area contributed by atoms with Crippen LogP contribution in [0, 0.1) is 5.92 Å². The number of aliphatic hydroxyl groups is 1. The third-order valence-electron chi connectivity index (χ3n) is 9.91. The number of phenolic OH excluding ortho intramolecular Hbond substituents is 1. The zero-order chi connectivity index (χ0) is 24.2. The number of aromatic nitrogens is 1. The van der Waals surface area contributed by atoms with Crippen LogP contribution in [0.1, 0.15) is 53.6 Å². The summed E-state index contributed by atoms with van der Waals surface area (Å²) in [4.78, 5) is 19.3. The topological polar surface area (TPSA) is 97.8 Å². The zero-order valence-electron chi connectivity index (χ0n) is 20.6. The van der Waals surface area contributed by atoms with Gasteiger partial charge in [0, 0.05) is 29.7 Å². The molecule has 2 aliphatic heterocycles. The first-order valence-electron chi connectivity index (χ1n) is 13.3. The SMILES string of the molecule is Cl.O=C(N[C@H]1CC[C@@]2(O)[C@H]3Cc4ccc(O)c5c4[C@@]2(CCN3CC2CC2)[C@H]1O5)c1cccc2cc[nH]c12. The summed E-state index contributed by atoms with van der Waals surface area (Å²) in [5.41, 5.74) is 2.01. The summed E-state index contributed by atoms with van der Waals surface area (Å²) < 4.78 is 6.57. The highest BCUT2D eigenvalue weighted by Gasteiger charge is 2.73. The van der Waals surface area contributed by atoms with E-state index in [4.69, 9.17) is 4.74 Å². The molecule has 7 nitrogen and oxygen atoms in total. The van der Waals surface area contributed by atoms with Crippen molar-refractivity contribution in [3.05, 3.63) is 59.3 Å². The van der Waals surface area contributed by atoms with Gasteiger partial charge in [0.15, 0.2) is 11.5 Å².